The molecule has 0 bridgehead atoms. The maximum absolute atomic E-state index is 5.16. The summed E-state index contributed by atoms with van der Waals surface area (Å²) in [5, 5.41) is 0. The van der Waals surface area contributed by atoms with Crippen LogP contribution >= 0.6 is 0 Å². The Morgan fingerprint density at radius 2 is 1.94 bits per heavy atom. The summed E-state index contributed by atoms with van der Waals surface area (Å²) in [5.74, 6) is 0.906. The summed E-state index contributed by atoms with van der Waals surface area (Å²) in [6.07, 6.45) is 10.3. The minimum Gasteiger partial charge on any atom is -0.497 e. The standard InChI is InChI=1S/C17H24O/c1-4-6-7-9-15(8-5-2)14-16-10-12-17(18-3)13-11-16/h5,10-14H,2,4,6-9H2,1,3H3/b15-14+. The van der Waals surface area contributed by atoms with E-state index in [1.54, 1.807) is 7.11 Å². The lowest BCUT2D eigenvalue weighted by Gasteiger charge is -2.05. The summed E-state index contributed by atoms with van der Waals surface area (Å²) in [5.41, 5.74) is 2.70. The van der Waals surface area contributed by atoms with Gasteiger partial charge in [-0.3, -0.25) is 0 Å². The van der Waals surface area contributed by atoms with E-state index in [2.05, 4.69) is 31.7 Å². The normalized spacial score (nSPS) is 11.3. The molecule has 1 rings (SSSR count). The van der Waals surface area contributed by atoms with Gasteiger partial charge in [-0.15, -0.1) is 6.58 Å². The molecule has 0 saturated carbocycles. The van der Waals surface area contributed by atoms with E-state index in [1.807, 2.05) is 18.2 Å². The van der Waals surface area contributed by atoms with Crippen molar-refractivity contribution in [2.24, 2.45) is 0 Å². The highest BCUT2D eigenvalue weighted by Crippen LogP contribution is 2.19. The maximum atomic E-state index is 5.16. The van der Waals surface area contributed by atoms with Crippen molar-refractivity contribution in [3.8, 4) is 5.75 Å². The summed E-state index contributed by atoms with van der Waals surface area (Å²) in [4.78, 5) is 0. The predicted molar refractivity (Wildman–Crippen MR) is 79.9 cm³/mol. The van der Waals surface area contributed by atoms with Crippen molar-refractivity contribution in [3.05, 3.63) is 48.1 Å². The first kappa shape index (κ1) is 14.6. The van der Waals surface area contributed by atoms with Crippen LogP contribution in [0.15, 0.2) is 42.5 Å². The summed E-state index contributed by atoms with van der Waals surface area (Å²) < 4.78 is 5.16. The third-order valence-corrected chi connectivity index (χ3v) is 2.99. The van der Waals surface area contributed by atoms with Gasteiger partial charge < -0.3 is 4.74 Å². The van der Waals surface area contributed by atoms with Gasteiger partial charge in [0.25, 0.3) is 0 Å². The molecule has 0 atom stereocenters. The molecule has 0 unspecified atom stereocenters. The monoisotopic (exact) mass is 244 g/mol. The average Bonchev–Trinajstić information content (AvgIpc) is 2.40. The first-order valence-corrected chi connectivity index (χ1v) is 6.74. The average molecular weight is 244 g/mol. The Morgan fingerprint density at radius 1 is 1.22 bits per heavy atom. The molecule has 18 heavy (non-hydrogen) atoms. The fraction of sp³-hybridized carbons (Fsp3) is 0.412. The Bertz CT molecular complexity index is 373. The Balaban J connectivity index is 2.69. The first-order valence-electron chi connectivity index (χ1n) is 6.74. The highest BCUT2D eigenvalue weighted by molar-refractivity contribution is 5.54. The van der Waals surface area contributed by atoms with E-state index in [0.29, 0.717) is 0 Å². The zero-order valence-electron chi connectivity index (χ0n) is 11.6. The lowest BCUT2D eigenvalue weighted by Crippen LogP contribution is -1.85. The third kappa shape index (κ3) is 5.22. The SMILES string of the molecule is C=CC/C(=C\c1ccc(OC)cc1)CCCCC. The Kier molecular flexibility index (Phi) is 6.93. The molecule has 0 amide bonds. The molecule has 1 heteroatoms. The van der Waals surface area contributed by atoms with Crippen LogP contribution in [-0.4, -0.2) is 7.11 Å². The van der Waals surface area contributed by atoms with Gasteiger partial charge in [0, 0.05) is 0 Å². The summed E-state index contributed by atoms with van der Waals surface area (Å²) in [6.45, 7) is 6.07. The van der Waals surface area contributed by atoms with Crippen molar-refractivity contribution >= 4 is 6.08 Å². The molecule has 0 aliphatic rings. The smallest absolute Gasteiger partial charge is 0.118 e. The molecule has 0 saturated heterocycles. The topological polar surface area (TPSA) is 9.23 Å². The molecule has 0 fully saturated rings. The molecular weight excluding hydrogens is 220 g/mol. The van der Waals surface area contributed by atoms with Gasteiger partial charge in [-0.1, -0.05) is 49.6 Å². The summed E-state index contributed by atoms with van der Waals surface area (Å²) in [6, 6.07) is 8.20. The van der Waals surface area contributed by atoms with Gasteiger partial charge in [0.2, 0.25) is 0 Å². The fourth-order valence-corrected chi connectivity index (χ4v) is 1.96. The van der Waals surface area contributed by atoms with Crippen LogP contribution in [0.3, 0.4) is 0 Å². The molecule has 1 nitrogen and oxygen atoms in total. The van der Waals surface area contributed by atoms with Gasteiger partial charge in [-0.25, -0.2) is 0 Å². The van der Waals surface area contributed by atoms with Crippen LogP contribution < -0.4 is 4.74 Å². The molecule has 0 radical (unpaired) electrons. The van der Waals surface area contributed by atoms with Gasteiger partial charge in [0.1, 0.15) is 5.75 Å². The number of ether oxygens (including phenoxy) is 1. The molecular formula is C17H24O. The Labute approximate surface area is 111 Å². The number of allylic oxidation sites excluding steroid dienone is 2. The third-order valence-electron chi connectivity index (χ3n) is 2.99. The number of benzene rings is 1. The molecule has 0 aliphatic heterocycles. The second-order valence-corrected chi connectivity index (χ2v) is 4.53. The van der Waals surface area contributed by atoms with E-state index in [0.717, 1.165) is 12.2 Å². The van der Waals surface area contributed by atoms with Crippen molar-refractivity contribution < 1.29 is 4.74 Å². The molecule has 1 aromatic carbocycles. The van der Waals surface area contributed by atoms with Crippen molar-refractivity contribution in [1.82, 2.24) is 0 Å². The van der Waals surface area contributed by atoms with Gasteiger partial charge in [0.15, 0.2) is 0 Å². The van der Waals surface area contributed by atoms with Gasteiger partial charge in [-0.05, 0) is 37.0 Å². The number of unbranched alkanes of at least 4 members (excludes halogenated alkanes) is 2. The minimum atomic E-state index is 0.906. The van der Waals surface area contributed by atoms with E-state index in [9.17, 15) is 0 Å². The lowest BCUT2D eigenvalue weighted by atomic mass is 10.0. The van der Waals surface area contributed by atoms with Gasteiger partial charge in [-0.2, -0.15) is 0 Å². The highest BCUT2D eigenvalue weighted by Gasteiger charge is 1.97. The van der Waals surface area contributed by atoms with Crippen LogP contribution in [0.25, 0.3) is 6.08 Å². The molecule has 0 spiro atoms. The summed E-state index contributed by atoms with van der Waals surface area (Å²) >= 11 is 0. The van der Waals surface area contributed by atoms with Crippen LogP contribution in [0, 0.1) is 0 Å². The highest BCUT2D eigenvalue weighted by atomic mass is 16.5. The fourth-order valence-electron chi connectivity index (χ4n) is 1.96. The lowest BCUT2D eigenvalue weighted by molar-refractivity contribution is 0.415. The van der Waals surface area contributed by atoms with E-state index in [1.165, 1.54) is 36.8 Å². The summed E-state index contributed by atoms with van der Waals surface area (Å²) in [7, 11) is 1.69. The van der Waals surface area contributed by atoms with Crippen LogP contribution in [-0.2, 0) is 0 Å². The van der Waals surface area contributed by atoms with Crippen LogP contribution in [0.4, 0.5) is 0 Å². The van der Waals surface area contributed by atoms with E-state index < -0.39 is 0 Å². The zero-order valence-corrected chi connectivity index (χ0v) is 11.6. The van der Waals surface area contributed by atoms with Crippen molar-refractivity contribution in [2.45, 2.75) is 39.0 Å². The number of hydrogen-bond donors (Lipinski definition) is 0. The molecule has 1 aromatic rings. The molecule has 0 aliphatic carbocycles. The minimum absolute atomic E-state index is 0.906. The van der Waals surface area contributed by atoms with E-state index in [-0.39, 0.29) is 0 Å². The Morgan fingerprint density at radius 3 is 2.50 bits per heavy atom. The van der Waals surface area contributed by atoms with Crippen LogP contribution in [0.5, 0.6) is 5.75 Å². The largest absolute Gasteiger partial charge is 0.497 e. The van der Waals surface area contributed by atoms with Crippen molar-refractivity contribution in [1.29, 1.82) is 0 Å². The molecule has 98 valence electrons. The number of rotatable bonds is 8. The Hall–Kier alpha value is -1.50. The molecule has 0 N–H and O–H groups in total. The zero-order chi connectivity index (χ0) is 13.2. The maximum Gasteiger partial charge on any atom is 0.118 e. The predicted octanol–water partition coefficient (Wildman–Crippen LogP) is 5.24. The second kappa shape index (κ2) is 8.57. The van der Waals surface area contributed by atoms with Crippen LogP contribution in [0.1, 0.15) is 44.6 Å². The van der Waals surface area contributed by atoms with Crippen molar-refractivity contribution in [3.63, 3.8) is 0 Å². The van der Waals surface area contributed by atoms with Gasteiger partial charge >= 0.3 is 0 Å². The number of hydrogen-bond acceptors (Lipinski definition) is 1. The van der Waals surface area contributed by atoms with Crippen molar-refractivity contribution in [2.75, 3.05) is 7.11 Å². The van der Waals surface area contributed by atoms with E-state index in [4.69, 9.17) is 4.74 Å². The molecule has 0 heterocycles. The number of methoxy groups -OCH3 is 1. The molecule has 0 aromatic heterocycles. The second-order valence-electron chi connectivity index (χ2n) is 4.53. The quantitative estimate of drug-likeness (QED) is 0.449. The first-order chi connectivity index (χ1) is 8.80. The van der Waals surface area contributed by atoms with Gasteiger partial charge in [0.05, 0.1) is 7.11 Å². The van der Waals surface area contributed by atoms with Crippen LogP contribution in [0.2, 0.25) is 0 Å². The van der Waals surface area contributed by atoms with E-state index >= 15 is 0 Å².